The van der Waals surface area contributed by atoms with E-state index >= 15 is 0 Å². The Hall–Kier alpha value is -2.11. The maximum absolute atomic E-state index is 13.1. The summed E-state index contributed by atoms with van der Waals surface area (Å²) in [6.45, 7) is 0.0917. The van der Waals surface area contributed by atoms with Crippen LogP contribution in [0.2, 0.25) is 0 Å². The van der Waals surface area contributed by atoms with Gasteiger partial charge >= 0.3 is 5.97 Å². The highest BCUT2D eigenvalue weighted by molar-refractivity contribution is 5.77. The lowest BCUT2D eigenvalue weighted by Gasteiger charge is -2.08. The van der Waals surface area contributed by atoms with Gasteiger partial charge in [0.15, 0.2) is 0 Å². The Morgan fingerprint density at radius 1 is 1.37 bits per heavy atom. The summed E-state index contributed by atoms with van der Waals surface area (Å²) < 4.78 is 18.1. The van der Waals surface area contributed by atoms with Crippen molar-refractivity contribution in [2.75, 3.05) is 13.7 Å². The van der Waals surface area contributed by atoms with Gasteiger partial charge in [0.2, 0.25) is 5.91 Å². The molecule has 1 amide bonds. The topological polar surface area (TPSA) is 75.6 Å². The number of carbonyl (C=O) groups is 2. The summed E-state index contributed by atoms with van der Waals surface area (Å²) in [4.78, 5) is 21.7. The van der Waals surface area contributed by atoms with Crippen LogP contribution in [-0.4, -0.2) is 30.6 Å². The van der Waals surface area contributed by atoms with Crippen LogP contribution in [0.1, 0.15) is 18.4 Å². The molecule has 0 radical (unpaired) electrons. The second-order valence-corrected chi connectivity index (χ2v) is 3.95. The molecule has 1 aromatic carbocycles. The van der Waals surface area contributed by atoms with Crippen LogP contribution in [0.4, 0.5) is 4.39 Å². The van der Waals surface area contributed by atoms with Crippen molar-refractivity contribution in [3.63, 3.8) is 0 Å². The van der Waals surface area contributed by atoms with Gasteiger partial charge < -0.3 is 15.2 Å². The third kappa shape index (κ3) is 5.37. The summed E-state index contributed by atoms with van der Waals surface area (Å²) in [5.74, 6) is -1.10. The number of benzene rings is 1. The average Bonchev–Trinajstić information content (AvgIpc) is 2.36. The molecule has 0 spiro atoms. The standard InChI is InChI=1S/C13H16FNO4/c1-19-11-4-3-10(14)8-9(11)2-5-12(16)15-7-6-13(17)18/h3-4,8H,2,5-7H2,1H3,(H,15,16)(H,17,18). The van der Waals surface area contributed by atoms with Crippen LogP contribution in [0.5, 0.6) is 5.75 Å². The van der Waals surface area contributed by atoms with Crippen molar-refractivity contribution in [1.82, 2.24) is 5.32 Å². The zero-order valence-electron chi connectivity index (χ0n) is 10.6. The van der Waals surface area contributed by atoms with Crippen LogP contribution in [0, 0.1) is 5.82 Å². The van der Waals surface area contributed by atoms with Gasteiger partial charge in [0.05, 0.1) is 13.5 Å². The smallest absolute Gasteiger partial charge is 0.305 e. The van der Waals surface area contributed by atoms with E-state index in [-0.39, 0.29) is 31.1 Å². The second-order valence-electron chi connectivity index (χ2n) is 3.95. The van der Waals surface area contributed by atoms with E-state index in [2.05, 4.69) is 5.32 Å². The van der Waals surface area contributed by atoms with Crippen LogP contribution >= 0.6 is 0 Å². The van der Waals surface area contributed by atoms with E-state index < -0.39 is 5.97 Å². The van der Waals surface area contributed by atoms with Gasteiger partial charge in [-0.3, -0.25) is 9.59 Å². The van der Waals surface area contributed by atoms with Gasteiger partial charge in [0.25, 0.3) is 0 Å². The monoisotopic (exact) mass is 269 g/mol. The Labute approximate surface area is 110 Å². The van der Waals surface area contributed by atoms with Crippen LogP contribution in [0.15, 0.2) is 18.2 Å². The minimum absolute atomic E-state index is 0.0917. The van der Waals surface area contributed by atoms with Crippen molar-refractivity contribution >= 4 is 11.9 Å². The van der Waals surface area contributed by atoms with Gasteiger partial charge in [0.1, 0.15) is 11.6 Å². The fourth-order valence-electron chi connectivity index (χ4n) is 1.59. The van der Waals surface area contributed by atoms with Crippen LogP contribution < -0.4 is 10.1 Å². The summed E-state index contributed by atoms with van der Waals surface area (Å²) in [6.07, 6.45) is 0.369. The van der Waals surface area contributed by atoms with Crippen LogP contribution in [-0.2, 0) is 16.0 Å². The molecular weight excluding hydrogens is 253 g/mol. The molecule has 104 valence electrons. The average molecular weight is 269 g/mol. The van der Waals surface area contributed by atoms with E-state index in [1.54, 1.807) is 0 Å². The van der Waals surface area contributed by atoms with Gasteiger partial charge in [-0.25, -0.2) is 4.39 Å². The number of carbonyl (C=O) groups excluding carboxylic acids is 1. The zero-order chi connectivity index (χ0) is 14.3. The molecule has 0 aromatic heterocycles. The molecule has 0 saturated heterocycles. The number of aryl methyl sites for hydroxylation is 1. The Kier molecular flexibility index (Phi) is 5.78. The highest BCUT2D eigenvalue weighted by atomic mass is 19.1. The van der Waals surface area contributed by atoms with Crippen molar-refractivity contribution in [3.05, 3.63) is 29.6 Å². The van der Waals surface area contributed by atoms with Crippen molar-refractivity contribution in [2.45, 2.75) is 19.3 Å². The Morgan fingerprint density at radius 2 is 2.11 bits per heavy atom. The summed E-state index contributed by atoms with van der Waals surface area (Å²) >= 11 is 0. The van der Waals surface area contributed by atoms with E-state index in [4.69, 9.17) is 9.84 Å². The number of aliphatic carboxylic acids is 1. The molecule has 0 aliphatic carbocycles. The summed E-state index contributed by atoms with van der Waals surface area (Å²) in [5, 5.41) is 10.9. The highest BCUT2D eigenvalue weighted by Gasteiger charge is 2.08. The molecule has 0 heterocycles. The van der Waals surface area contributed by atoms with Gasteiger partial charge in [0, 0.05) is 13.0 Å². The first-order valence-corrected chi connectivity index (χ1v) is 5.84. The van der Waals surface area contributed by atoms with E-state index in [1.165, 1.54) is 25.3 Å². The second kappa shape index (κ2) is 7.35. The molecule has 1 rings (SSSR count). The minimum Gasteiger partial charge on any atom is -0.496 e. The molecule has 5 nitrogen and oxygen atoms in total. The minimum atomic E-state index is -0.966. The number of ether oxygens (including phenoxy) is 1. The molecule has 0 saturated carbocycles. The number of nitrogens with one attached hydrogen (secondary N) is 1. The first-order valence-electron chi connectivity index (χ1n) is 5.84. The number of amides is 1. The SMILES string of the molecule is COc1ccc(F)cc1CCC(=O)NCCC(=O)O. The quantitative estimate of drug-likeness (QED) is 0.783. The van der Waals surface area contributed by atoms with Gasteiger partial charge in [-0.1, -0.05) is 0 Å². The molecule has 2 N–H and O–H groups in total. The number of hydrogen-bond donors (Lipinski definition) is 2. The lowest BCUT2D eigenvalue weighted by Crippen LogP contribution is -2.26. The predicted octanol–water partition coefficient (Wildman–Crippen LogP) is 1.36. The number of carboxylic acids is 1. The van der Waals surface area contributed by atoms with Crippen molar-refractivity contribution in [2.24, 2.45) is 0 Å². The fraction of sp³-hybridized carbons (Fsp3) is 0.385. The normalized spacial score (nSPS) is 10.0. The van der Waals surface area contributed by atoms with E-state index in [0.29, 0.717) is 17.7 Å². The molecule has 0 atom stereocenters. The first kappa shape index (κ1) is 14.9. The Balaban J connectivity index is 2.45. The lowest BCUT2D eigenvalue weighted by molar-refractivity contribution is -0.136. The van der Waals surface area contributed by atoms with Crippen LogP contribution in [0.3, 0.4) is 0 Å². The number of carboxylic acid groups (broad SMARTS) is 1. The van der Waals surface area contributed by atoms with Gasteiger partial charge in [-0.15, -0.1) is 0 Å². The number of rotatable bonds is 7. The largest absolute Gasteiger partial charge is 0.496 e. The fourth-order valence-corrected chi connectivity index (χ4v) is 1.59. The maximum atomic E-state index is 13.1. The summed E-state index contributed by atoms with van der Waals surface area (Å²) in [7, 11) is 1.48. The predicted molar refractivity (Wildman–Crippen MR) is 66.5 cm³/mol. The lowest BCUT2D eigenvalue weighted by atomic mass is 10.1. The molecule has 0 unspecified atom stereocenters. The molecule has 0 bridgehead atoms. The van der Waals surface area contributed by atoms with Crippen molar-refractivity contribution in [3.8, 4) is 5.75 Å². The molecule has 0 aliphatic rings. The number of halogens is 1. The van der Waals surface area contributed by atoms with E-state index in [9.17, 15) is 14.0 Å². The third-order valence-corrected chi connectivity index (χ3v) is 2.52. The summed E-state index contributed by atoms with van der Waals surface area (Å²) in [6, 6.07) is 4.12. The zero-order valence-corrected chi connectivity index (χ0v) is 10.6. The number of methoxy groups -OCH3 is 1. The van der Waals surface area contributed by atoms with Crippen molar-refractivity contribution in [1.29, 1.82) is 0 Å². The van der Waals surface area contributed by atoms with E-state index in [1.807, 2.05) is 0 Å². The first-order chi connectivity index (χ1) is 9.02. The molecule has 19 heavy (non-hydrogen) atoms. The highest BCUT2D eigenvalue weighted by Crippen LogP contribution is 2.20. The summed E-state index contributed by atoms with van der Waals surface area (Å²) in [5.41, 5.74) is 0.607. The molecular formula is C13H16FNO4. The Morgan fingerprint density at radius 3 is 2.74 bits per heavy atom. The molecule has 0 aliphatic heterocycles. The molecule has 1 aromatic rings. The van der Waals surface area contributed by atoms with Crippen LogP contribution in [0.25, 0.3) is 0 Å². The maximum Gasteiger partial charge on any atom is 0.305 e. The van der Waals surface area contributed by atoms with E-state index in [0.717, 1.165) is 0 Å². The van der Waals surface area contributed by atoms with Gasteiger partial charge in [-0.2, -0.15) is 0 Å². The molecule has 6 heteroatoms. The van der Waals surface area contributed by atoms with Crippen molar-refractivity contribution < 1.29 is 23.8 Å². The Bertz CT molecular complexity index is 462. The number of hydrogen-bond acceptors (Lipinski definition) is 3. The third-order valence-electron chi connectivity index (χ3n) is 2.52. The molecule has 0 fully saturated rings. The van der Waals surface area contributed by atoms with Gasteiger partial charge in [-0.05, 0) is 30.2 Å².